The van der Waals surface area contributed by atoms with Gasteiger partial charge in [0.1, 0.15) is 0 Å². The molecule has 25 heavy (non-hydrogen) atoms. The number of hydrogen-bond acceptors (Lipinski definition) is 5. The van der Waals surface area contributed by atoms with Gasteiger partial charge < -0.3 is 14.6 Å². The van der Waals surface area contributed by atoms with Crippen LogP contribution in [0.3, 0.4) is 0 Å². The fraction of sp³-hybridized carbons (Fsp3) is 0.800. The lowest BCUT2D eigenvalue weighted by Crippen LogP contribution is -2.30. The third-order valence-electron chi connectivity index (χ3n) is 5.09. The molecule has 0 aliphatic carbocycles. The molecule has 5 heteroatoms. The van der Waals surface area contributed by atoms with E-state index in [1.54, 1.807) is 13.8 Å². The lowest BCUT2D eigenvalue weighted by Gasteiger charge is -2.23. The number of unbranched alkanes of at least 4 members (excludes halogenated alkanes) is 9. The molecular weight excluding hydrogens is 320 g/mol. The molecule has 0 saturated carbocycles. The smallest absolute Gasteiger partial charge is 0.336 e. The Kier molecular flexibility index (Phi) is 9.79. The predicted octanol–water partition coefficient (Wildman–Crippen LogP) is 4.42. The van der Waals surface area contributed by atoms with Gasteiger partial charge in [-0.25, -0.2) is 4.79 Å². The first-order valence-corrected chi connectivity index (χ1v) is 9.61. The van der Waals surface area contributed by atoms with Gasteiger partial charge >= 0.3 is 11.9 Å². The van der Waals surface area contributed by atoms with Crippen LogP contribution in [0.1, 0.15) is 90.9 Å². The molecule has 0 radical (unpaired) electrons. The van der Waals surface area contributed by atoms with Gasteiger partial charge in [0, 0.05) is 24.0 Å². The van der Waals surface area contributed by atoms with Crippen molar-refractivity contribution in [1.82, 2.24) is 0 Å². The van der Waals surface area contributed by atoms with E-state index in [2.05, 4.69) is 4.74 Å². The maximum Gasteiger partial charge on any atom is 0.336 e. The molecule has 1 rings (SSSR count). The van der Waals surface area contributed by atoms with Gasteiger partial charge in [0.05, 0.1) is 7.11 Å². The maximum absolute atomic E-state index is 11.5. The van der Waals surface area contributed by atoms with E-state index in [1.165, 1.54) is 39.2 Å². The van der Waals surface area contributed by atoms with Gasteiger partial charge in [0.15, 0.2) is 0 Å². The number of methoxy groups -OCH3 is 1. The number of hydrogen-bond donors (Lipinski definition) is 1. The van der Waals surface area contributed by atoms with Crippen molar-refractivity contribution in [3.63, 3.8) is 0 Å². The third kappa shape index (κ3) is 7.59. The zero-order valence-electron chi connectivity index (χ0n) is 16.1. The summed E-state index contributed by atoms with van der Waals surface area (Å²) in [6.07, 6.45) is 12.2. The number of esters is 2. The largest absolute Gasteiger partial charge is 0.469 e. The number of aliphatic hydroxyl groups is 1. The van der Waals surface area contributed by atoms with Crippen molar-refractivity contribution in [1.29, 1.82) is 0 Å². The zero-order chi connectivity index (χ0) is 18.7. The molecule has 1 aliphatic heterocycles. The number of rotatable bonds is 13. The highest BCUT2D eigenvalue weighted by atomic mass is 16.7. The summed E-state index contributed by atoms with van der Waals surface area (Å²) in [4.78, 5) is 22.4. The van der Waals surface area contributed by atoms with Crippen LogP contribution in [0, 0.1) is 0 Å². The molecule has 0 bridgehead atoms. The fourth-order valence-corrected chi connectivity index (χ4v) is 3.14. The Morgan fingerprint density at radius 3 is 1.88 bits per heavy atom. The van der Waals surface area contributed by atoms with Gasteiger partial charge in [-0.05, 0) is 26.7 Å². The van der Waals surface area contributed by atoms with Crippen molar-refractivity contribution < 1.29 is 24.2 Å². The van der Waals surface area contributed by atoms with Crippen LogP contribution in [-0.4, -0.2) is 29.9 Å². The van der Waals surface area contributed by atoms with Crippen LogP contribution < -0.4 is 0 Å². The fourth-order valence-electron chi connectivity index (χ4n) is 3.14. The summed E-state index contributed by atoms with van der Waals surface area (Å²) in [6, 6.07) is 0. The molecule has 0 saturated heterocycles. The summed E-state index contributed by atoms with van der Waals surface area (Å²) in [6.45, 7) is 3.47. The molecule has 0 aromatic carbocycles. The van der Waals surface area contributed by atoms with Gasteiger partial charge in [0.2, 0.25) is 5.79 Å². The second kappa shape index (κ2) is 11.3. The van der Waals surface area contributed by atoms with Gasteiger partial charge in [-0.2, -0.15) is 0 Å². The third-order valence-corrected chi connectivity index (χ3v) is 5.09. The van der Waals surface area contributed by atoms with Crippen LogP contribution in [-0.2, 0) is 19.1 Å². The number of cyclic esters (lactones) is 1. The monoisotopic (exact) mass is 354 g/mol. The van der Waals surface area contributed by atoms with Crippen molar-refractivity contribution in [2.75, 3.05) is 7.11 Å². The molecule has 0 aromatic heterocycles. The SMILES string of the molecule is COC(=O)CCCCCCCCCCCC[C@]1(O)OC(=O)C(C)=C1C. The Balaban J connectivity index is 1.93. The van der Waals surface area contributed by atoms with E-state index in [1.807, 2.05) is 0 Å². The van der Waals surface area contributed by atoms with E-state index in [0.717, 1.165) is 32.1 Å². The quantitative estimate of drug-likeness (QED) is 0.391. The van der Waals surface area contributed by atoms with Crippen LogP contribution in [0.15, 0.2) is 11.1 Å². The molecule has 1 N–H and O–H groups in total. The van der Waals surface area contributed by atoms with E-state index >= 15 is 0 Å². The average molecular weight is 354 g/mol. The topological polar surface area (TPSA) is 72.8 Å². The first-order valence-electron chi connectivity index (χ1n) is 9.61. The number of carbonyl (C=O) groups excluding carboxylic acids is 2. The Morgan fingerprint density at radius 2 is 1.44 bits per heavy atom. The Bertz CT molecular complexity index is 469. The summed E-state index contributed by atoms with van der Waals surface area (Å²) < 4.78 is 9.72. The van der Waals surface area contributed by atoms with Crippen LogP contribution >= 0.6 is 0 Å². The Hall–Kier alpha value is -1.36. The molecule has 0 spiro atoms. The summed E-state index contributed by atoms with van der Waals surface area (Å²) in [5.74, 6) is -1.88. The summed E-state index contributed by atoms with van der Waals surface area (Å²) in [5, 5.41) is 10.4. The van der Waals surface area contributed by atoms with E-state index in [9.17, 15) is 14.7 Å². The zero-order valence-corrected chi connectivity index (χ0v) is 16.1. The van der Waals surface area contributed by atoms with E-state index in [-0.39, 0.29) is 5.97 Å². The normalized spacial score (nSPS) is 20.1. The summed E-state index contributed by atoms with van der Waals surface area (Å²) >= 11 is 0. The lowest BCUT2D eigenvalue weighted by molar-refractivity contribution is -0.183. The van der Waals surface area contributed by atoms with Crippen LogP contribution in [0.4, 0.5) is 0 Å². The average Bonchev–Trinajstić information content (AvgIpc) is 2.78. The van der Waals surface area contributed by atoms with Gasteiger partial charge in [0.25, 0.3) is 0 Å². The molecule has 144 valence electrons. The minimum atomic E-state index is -1.37. The first-order chi connectivity index (χ1) is 11.9. The van der Waals surface area contributed by atoms with Gasteiger partial charge in [-0.3, -0.25) is 4.79 Å². The van der Waals surface area contributed by atoms with Crippen LogP contribution in [0.25, 0.3) is 0 Å². The first kappa shape index (κ1) is 21.7. The molecule has 1 aliphatic rings. The molecule has 0 aromatic rings. The summed E-state index contributed by atoms with van der Waals surface area (Å²) in [7, 11) is 1.43. The van der Waals surface area contributed by atoms with E-state index in [4.69, 9.17) is 4.74 Å². The number of ether oxygens (including phenoxy) is 2. The molecule has 1 heterocycles. The van der Waals surface area contributed by atoms with Gasteiger partial charge in [-0.15, -0.1) is 0 Å². The molecule has 5 nitrogen and oxygen atoms in total. The highest BCUT2D eigenvalue weighted by molar-refractivity contribution is 5.91. The second-order valence-electron chi connectivity index (χ2n) is 7.04. The molecular formula is C20H34O5. The lowest BCUT2D eigenvalue weighted by atomic mass is 9.98. The summed E-state index contributed by atoms with van der Waals surface area (Å²) in [5.41, 5.74) is 1.19. The maximum atomic E-state index is 11.5. The number of carbonyl (C=O) groups is 2. The molecule has 1 atom stereocenters. The molecule has 0 fully saturated rings. The van der Waals surface area contributed by atoms with Gasteiger partial charge in [-0.1, -0.05) is 51.4 Å². The molecule has 0 amide bonds. The van der Waals surface area contributed by atoms with Crippen LogP contribution in [0.2, 0.25) is 0 Å². The highest BCUT2D eigenvalue weighted by Gasteiger charge is 2.41. The van der Waals surface area contributed by atoms with Crippen LogP contribution in [0.5, 0.6) is 0 Å². The van der Waals surface area contributed by atoms with E-state index < -0.39 is 11.8 Å². The highest BCUT2D eigenvalue weighted by Crippen LogP contribution is 2.34. The minimum absolute atomic E-state index is 0.113. The van der Waals surface area contributed by atoms with Crippen molar-refractivity contribution in [3.8, 4) is 0 Å². The molecule has 0 unspecified atom stereocenters. The minimum Gasteiger partial charge on any atom is -0.469 e. The Morgan fingerprint density at radius 1 is 0.960 bits per heavy atom. The standard InChI is InChI=1S/C20H34O5/c1-16-17(2)20(23,25-19(16)22)15-13-11-9-7-5-4-6-8-10-12-14-18(21)24-3/h23H,4-15H2,1-3H3/t20-/m0/s1. The van der Waals surface area contributed by atoms with Crippen molar-refractivity contribution in [2.45, 2.75) is 96.7 Å². The second-order valence-corrected chi connectivity index (χ2v) is 7.04. The predicted molar refractivity (Wildman–Crippen MR) is 96.8 cm³/mol. The Labute approximate surface area is 151 Å². The van der Waals surface area contributed by atoms with Crippen molar-refractivity contribution in [3.05, 3.63) is 11.1 Å². The van der Waals surface area contributed by atoms with Crippen molar-refractivity contribution >= 4 is 11.9 Å². The van der Waals surface area contributed by atoms with Crippen molar-refractivity contribution in [2.24, 2.45) is 0 Å². The van der Waals surface area contributed by atoms with E-state index in [0.29, 0.717) is 24.0 Å².